The first kappa shape index (κ1) is 18.4. The average molecular weight is 378 g/mol. The summed E-state index contributed by atoms with van der Waals surface area (Å²) in [5, 5.41) is 0.728. The lowest BCUT2D eigenvalue weighted by atomic mass is 10.1. The smallest absolute Gasteiger partial charge is 0.341 e. The van der Waals surface area contributed by atoms with E-state index in [4.69, 9.17) is 4.74 Å². The molecular weight excluding hydrogens is 356 g/mol. The number of carbonyl (C=O) groups excluding carboxylic acids is 2. The van der Waals surface area contributed by atoms with Gasteiger partial charge in [0.2, 0.25) is 0 Å². The molecule has 2 unspecified atom stereocenters. The van der Waals surface area contributed by atoms with Gasteiger partial charge < -0.3 is 14.6 Å². The van der Waals surface area contributed by atoms with Crippen LogP contribution in [-0.2, 0) is 19.4 Å². The summed E-state index contributed by atoms with van der Waals surface area (Å²) in [5.41, 5.74) is 1.18. The Labute approximate surface area is 152 Å². The summed E-state index contributed by atoms with van der Waals surface area (Å²) in [6.45, 7) is 3.67. The number of ether oxygens (including phenoxy) is 1. The predicted octanol–water partition coefficient (Wildman–Crippen LogP) is 1.75. The lowest BCUT2D eigenvalue weighted by Gasteiger charge is -2.29. The lowest BCUT2D eigenvalue weighted by Crippen LogP contribution is -2.46. The maximum absolute atomic E-state index is 12.7. The summed E-state index contributed by atoms with van der Waals surface area (Å²) in [7, 11) is -3.10. The van der Waals surface area contributed by atoms with E-state index in [1.54, 1.807) is 19.2 Å². The molecule has 2 aromatic rings. The molecule has 0 saturated carbocycles. The Morgan fingerprint density at radius 3 is 2.73 bits per heavy atom. The highest BCUT2D eigenvalue weighted by Crippen LogP contribution is 2.21. The van der Waals surface area contributed by atoms with E-state index in [0.717, 1.165) is 10.9 Å². The molecule has 1 aromatic heterocycles. The van der Waals surface area contributed by atoms with Crippen LogP contribution in [0.2, 0.25) is 0 Å². The quantitative estimate of drug-likeness (QED) is 0.800. The molecule has 0 aliphatic carbocycles. The van der Waals surface area contributed by atoms with Crippen LogP contribution in [0.15, 0.2) is 30.5 Å². The zero-order chi connectivity index (χ0) is 18.9. The van der Waals surface area contributed by atoms with Crippen molar-refractivity contribution < 1.29 is 22.7 Å². The molecular formula is C18H22N2O5S. The van der Waals surface area contributed by atoms with Gasteiger partial charge in [-0.2, -0.15) is 0 Å². The number of H-pyrrole nitrogens is 1. The largest absolute Gasteiger partial charge is 0.449 e. The number of benzene rings is 1. The second-order valence-electron chi connectivity index (χ2n) is 6.48. The summed E-state index contributed by atoms with van der Waals surface area (Å²) in [6.07, 6.45) is 0.996. The van der Waals surface area contributed by atoms with Crippen molar-refractivity contribution in [3.05, 3.63) is 36.0 Å². The van der Waals surface area contributed by atoms with Crippen LogP contribution in [0, 0.1) is 0 Å². The van der Waals surface area contributed by atoms with Crippen molar-refractivity contribution in [1.82, 2.24) is 9.88 Å². The van der Waals surface area contributed by atoms with Crippen molar-refractivity contribution in [3.8, 4) is 0 Å². The van der Waals surface area contributed by atoms with Gasteiger partial charge in [-0.3, -0.25) is 4.79 Å². The third-order valence-electron chi connectivity index (χ3n) is 4.71. The number of rotatable bonds is 5. The van der Waals surface area contributed by atoms with Gasteiger partial charge in [0.05, 0.1) is 17.1 Å². The molecule has 140 valence electrons. The number of carbonyl (C=O) groups is 2. The molecule has 0 spiro atoms. The number of esters is 1. The van der Waals surface area contributed by atoms with Crippen molar-refractivity contribution in [3.63, 3.8) is 0 Å². The van der Waals surface area contributed by atoms with Gasteiger partial charge in [0, 0.05) is 29.7 Å². The third-order valence-corrected chi connectivity index (χ3v) is 6.46. The number of hydrogen-bond donors (Lipinski definition) is 1. The number of para-hydroxylation sites is 1. The van der Waals surface area contributed by atoms with Crippen LogP contribution in [0.1, 0.15) is 30.6 Å². The van der Waals surface area contributed by atoms with Gasteiger partial charge in [-0.25, -0.2) is 13.2 Å². The molecule has 0 radical (unpaired) electrons. The maximum atomic E-state index is 12.7. The second kappa shape index (κ2) is 7.11. The molecule has 2 atom stereocenters. The first-order chi connectivity index (χ1) is 12.3. The number of nitrogens with zero attached hydrogens (tertiary/aromatic N) is 1. The summed E-state index contributed by atoms with van der Waals surface area (Å²) in [6, 6.07) is 6.97. The molecule has 1 N–H and O–H groups in total. The maximum Gasteiger partial charge on any atom is 0.341 e. The van der Waals surface area contributed by atoms with Gasteiger partial charge in [0.1, 0.15) is 0 Å². The van der Waals surface area contributed by atoms with Crippen LogP contribution in [0.25, 0.3) is 10.9 Å². The van der Waals surface area contributed by atoms with E-state index in [1.165, 1.54) is 11.8 Å². The van der Waals surface area contributed by atoms with E-state index in [0.29, 0.717) is 18.5 Å². The van der Waals surface area contributed by atoms with Crippen LogP contribution >= 0.6 is 0 Å². The topological polar surface area (TPSA) is 96.5 Å². The number of likely N-dealkylation sites (N-methyl/N-ethyl adjacent to an activating group) is 1. The molecule has 3 rings (SSSR count). The Hall–Kier alpha value is -2.35. The minimum Gasteiger partial charge on any atom is -0.449 e. The van der Waals surface area contributed by atoms with Crippen molar-refractivity contribution >= 4 is 32.6 Å². The van der Waals surface area contributed by atoms with Gasteiger partial charge in [0.25, 0.3) is 5.91 Å². The Kier molecular flexibility index (Phi) is 5.04. The van der Waals surface area contributed by atoms with Gasteiger partial charge in [-0.05, 0) is 26.3 Å². The van der Waals surface area contributed by atoms with Crippen LogP contribution in [0.5, 0.6) is 0 Å². The van der Waals surface area contributed by atoms with Gasteiger partial charge in [-0.15, -0.1) is 0 Å². The van der Waals surface area contributed by atoms with Crippen molar-refractivity contribution in [2.45, 2.75) is 32.4 Å². The number of fused-ring (bicyclic) bond motifs is 1. The number of aromatic nitrogens is 1. The van der Waals surface area contributed by atoms with Gasteiger partial charge in [-0.1, -0.05) is 18.2 Å². The van der Waals surface area contributed by atoms with Crippen LogP contribution in [-0.4, -0.2) is 60.4 Å². The van der Waals surface area contributed by atoms with Crippen molar-refractivity contribution in [1.29, 1.82) is 0 Å². The second-order valence-corrected chi connectivity index (χ2v) is 8.71. The van der Waals surface area contributed by atoms with Crippen molar-refractivity contribution in [2.75, 3.05) is 18.1 Å². The normalized spacial score (nSPS) is 20.0. The minimum absolute atomic E-state index is 0.0320. The fraction of sp³-hybridized carbons (Fsp3) is 0.444. The fourth-order valence-electron chi connectivity index (χ4n) is 3.36. The number of nitrogens with one attached hydrogen (secondary N) is 1. The van der Waals surface area contributed by atoms with E-state index < -0.39 is 21.9 Å². The first-order valence-electron chi connectivity index (χ1n) is 8.60. The van der Waals surface area contributed by atoms with E-state index in [2.05, 4.69) is 4.98 Å². The fourth-order valence-corrected chi connectivity index (χ4v) is 5.09. The standard InChI is InChI=1S/C18H22N2O5S/c1-3-20(13-8-9-26(23,24)11-13)17(21)12(2)25-18(22)15-10-19-16-7-5-4-6-14(15)16/h4-7,10,12-13,19H,3,8-9,11H2,1-2H3. The summed E-state index contributed by atoms with van der Waals surface area (Å²) >= 11 is 0. The summed E-state index contributed by atoms with van der Waals surface area (Å²) < 4.78 is 28.7. The predicted molar refractivity (Wildman–Crippen MR) is 97.6 cm³/mol. The monoisotopic (exact) mass is 378 g/mol. The highest BCUT2D eigenvalue weighted by Gasteiger charge is 2.36. The Morgan fingerprint density at radius 1 is 1.35 bits per heavy atom. The molecule has 26 heavy (non-hydrogen) atoms. The van der Waals surface area contributed by atoms with Crippen LogP contribution in [0.4, 0.5) is 0 Å². The molecule has 2 heterocycles. The molecule has 8 heteroatoms. The molecule has 7 nitrogen and oxygen atoms in total. The zero-order valence-electron chi connectivity index (χ0n) is 14.8. The zero-order valence-corrected chi connectivity index (χ0v) is 15.6. The highest BCUT2D eigenvalue weighted by atomic mass is 32.2. The van der Waals surface area contributed by atoms with Crippen molar-refractivity contribution in [2.24, 2.45) is 0 Å². The minimum atomic E-state index is -3.10. The van der Waals surface area contributed by atoms with Crippen LogP contribution in [0.3, 0.4) is 0 Å². The van der Waals surface area contributed by atoms with Gasteiger partial charge in [0.15, 0.2) is 15.9 Å². The van der Waals surface area contributed by atoms with E-state index in [-0.39, 0.29) is 23.5 Å². The Morgan fingerprint density at radius 2 is 2.08 bits per heavy atom. The van der Waals surface area contributed by atoms with Crippen LogP contribution < -0.4 is 0 Å². The molecule has 1 saturated heterocycles. The number of sulfone groups is 1. The molecule has 1 fully saturated rings. The molecule has 1 aliphatic rings. The summed E-state index contributed by atoms with van der Waals surface area (Å²) in [5.74, 6) is -0.901. The number of hydrogen-bond acceptors (Lipinski definition) is 5. The molecule has 0 bridgehead atoms. The highest BCUT2D eigenvalue weighted by molar-refractivity contribution is 7.91. The number of aromatic amines is 1. The van der Waals surface area contributed by atoms with E-state index >= 15 is 0 Å². The average Bonchev–Trinajstić information content (AvgIpc) is 3.18. The Bertz CT molecular complexity index is 934. The SMILES string of the molecule is CCN(C(=O)C(C)OC(=O)c1c[nH]c2ccccc12)C1CCS(=O)(=O)C1. The number of amides is 1. The van der Waals surface area contributed by atoms with E-state index in [1.807, 2.05) is 18.2 Å². The van der Waals surface area contributed by atoms with Gasteiger partial charge >= 0.3 is 5.97 Å². The lowest BCUT2D eigenvalue weighted by molar-refractivity contribution is -0.141. The van der Waals surface area contributed by atoms with E-state index in [9.17, 15) is 18.0 Å². The molecule has 1 amide bonds. The molecule has 1 aromatic carbocycles. The Balaban J connectivity index is 1.71. The molecule has 1 aliphatic heterocycles. The first-order valence-corrected chi connectivity index (χ1v) is 10.4. The third kappa shape index (κ3) is 3.60. The summed E-state index contributed by atoms with van der Waals surface area (Å²) in [4.78, 5) is 29.6.